The molecule has 2 fully saturated rings. The van der Waals surface area contributed by atoms with Gasteiger partial charge < -0.3 is 4.90 Å². The van der Waals surface area contributed by atoms with Gasteiger partial charge in [-0.2, -0.15) is 0 Å². The van der Waals surface area contributed by atoms with E-state index >= 15 is 0 Å². The molecule has 1 amide bonds. The predicted octanol–water partition coefficient (Wildman–Crippen LogP) is 2.04. The van der Waals surface area contributed by atoms with Crippen molar-refractivity contribution < 1.29 is 4.79 Å². The van der Waals surface area contributed by atoms with Crippen molar-refractivity contribution in [2.75, 3.05) is 13.6 Å². The van der Waals surface area contributed by atoms with E-state index in [1.807, 2.05) is 25.8 Å². The second-order valence-electron chi connectivity index (χ2n) is 3.75. The molecule has 2 rings (SSSR count). The summed E-state index contributed by atoms with van der Waals surface area (Å²) in [6.45, 7) is 5.02. The predicted molar refractivity (Wildman–Crippen MR) is 49.9 cm³/mol. The van der Waals surface area contributed by atoms with Gasteiger partial charge in [0.1, 0.15) is 0 Å². The topological polar surface area (TPSA) is 20.3 Å². The van der Waals surface area contributed by atoms with Crippen LogP contribution in [0.1, 0.15) is 39.5 Å². The molecule has 2 heteroatoms. The van der Waals surface area contributed by atoms with E-state index in [-0.39, 0.29) is 0 Å². The summed E-state index contributed by atoms with van der Waals surface area (Å²) in [5.74, 6) is 0.331. The normalized spacial score (nSPS) is 24.9. The molecule has 0 N–H and O–H groups in total. The van der Waals surface area contributed by atoms with Crippen LogP contribution in [0.5, 0.6) is 0 Å². The molecule has 2 aliphatic rings. The Morgan fingerprint density at radius 1 is 1.25 bits per heavy atom. The lowest BCUT2D eigenvalue weighted by Gasteiger charge is -2.29. The van der Waals surface area contributed by atoms with E-state index in [1.54, 1.807) is 0 Å². The van der Waals surface area contributed by atoms with Crippen LogP contribution in [0.15, 0.2) is 0 Å². The Morgan fingerprint density at radius 2 is 1.83 bits per heavy atom. The van der Waals surface area contributed by atoms with Gasteiger partial charge in [0.15, 0.2) is 0 Å². The molecule has 1 saturated carbocycles. The average molecular weight is 169 g/mol. The van der Waals surface area contributed by atoms with E-state index in [1.165, 1.54) is 12.8 Å². The first-order valence-electron chi connectivity index (χ1n) is 4.96. The van der Waals surface area contributed by atoms with E-state index in [0.717, 1.165) is 19.4 Å². The maximum Gasteiger partial charge on any atom is 0.222 e. The maximum absolute atomic E-state index is 11.0. The zero-order valence-electron chi connectivity index (χ0n) is 8.39. The highest BCUT2D eigenvalue weighted by atomic mass is 16.2. The van der Waals surface area contributed by atoms with Gasteiger partial charge in [-0.1, -0.05) is 13.8 Å². The van der Waals surface area contributed by atoms with Gasteiger partial charge in [-0.15, -0.1) is 0 Å². The summed E-state index contributed by atoms with van der Waals surface area (Å²) in [5, 5.41) is 0. The van der Waals surface area contributed by atoms with Crippen LogP contribution in [0.4, 0.5) is 0 Å². The second-order valence-corrected chi connectivity index (χ2v) is 3.75. The minimum absolute atomic E-state index is 0.331. The van der Waals surface area contributed by atoms with Crippen molar-refractivity contribution in [2.45, 2.75) is 39.5 Å². The third-order valence-corrected chi connectivity index (χ3v) is 2.82. The number of piperidine rings is 1. The number of carbonyl (C=O) groups excluding carboxylic acids is 1. The first-order chi connectivity index (χ1) is 5.72. The molecule has 0 unspecified atom stereocenters. The first-order valence-corrected chi connectivity index (χ1v) is 4.96. The fraction of sp³-hybridized carbons (Fsp3) is 0.900. The molecule has 70 valence electrons. The Labute approximate surface area is 74.9 Å². The third-order valence-electron chi connectivity index (χ3n) is 2.82. The summed E-state index contributed by atoms with van der Waals surface area (Å²) >= 11 is 0. The van der Waals surface area contributed by atoms with Crippen molar-refractivity contribution in [1.82, 2.24) is 4.90 Å². The zero-order valence-corrected chi connectivity index (χ0v) is 8.39. The lowest BCUT2D eigenvalue weighted by Crippen LogP contribution is -2.37. The van der Waals surface area contributed by atoms with Gasteiger partial charge in [-0.05, 0) is 24.7 Å². The van der Waals surface area contributed by atoms with Gasteiger partial charge in [0.2, 0.25) is 5.91 Å². The molecule has 1 heterocycles. The minimum atomic E-state index is 0.331. The van der Waals surface area contributed by atoms with E-state index in [0.29, 0.717) is 11.3 Å². The lowest BCUT2D eigenvalue weighted by molar-refractivity contribution is -0.133. The molecule has 12 heavy (non-hydrogen) atoms. The van der Waals surface area contributed by atoms with Crippen LogP contribution < -0.4 is 0 Å². The van der Waals surface area contributed by atoms with Crippen LogP contribution in [0.3, 0.4) is 0 Å². The van der Waals surface area contributed by atoms with Gasteiger partial charge in [0, 0.05) is 20.0 Å². The van der Waals surface area contributed by atoms with Gasteiger partial charge in [-0.25, -0.2) is 0 Å². The molecule has 1 spiro atoms. The standard InChI is InChI=1S/C8H13NO.C2H6/c1-9-6-8(4-5-8)3-2-7(9)10;1-2/h2-6H2,1H3;1-2H3. The van der Waals surface area contributed by atoms with Crippen LogP contribution in [-0.4, -0.2) is 24.4 Å². The summed E-state index contributed by atoms with van der Waals surface area (Å²) < 4.78 is 0. The smallest absolute Gasteiger partial charge is 0.222 e. The highest BCUT2D eigenvalue weighted by Crippen LogP contribution is 2.51. The molecule has 0 aromatic carbocycles. The number of likely N-dealkylation sites (tertiary alicyclic amines) is 1. The second kappa shape index (κ2) is 3.46. The molecular formula is C10H19NO. The molecular weight excluding hydrogens is 150 g/mol. The van der Waals surface area contributed by atoms with Crippen molar-refractivity contribution >= 4 is 5.91 Å². The average Bonchev–Trinajstić information content (AvgIpc) is 2.83. The van der Waals surface area contributed by atoms with Crippen LogP contribution in [0, 0.1) is 5.41 Å². The summed E-state index contributed by atoms with van der Waals surface area (Å²) in [6, 6.07) is 0. The molecule has 0 bridgehead atoms. The van der Waals surface area contributed by atoms with E-state index in [9.17, 15) is 4.79 Å². The summed E-state index contributed by atoms with van der Waals surface area (Å²) in [6.07, 6.45) is 4.64. The fourth-order valence-electron chi connectivity index (χ4n) is 1.82. The van der Waals surface area contributed by atoms with Crippen molar-refractivity contribution in [3.8, 4) is 0 Å². The summed E-state index contributed by atoms with van der Waals surface area (Å²) in [5.41, 5.74) is 0.586. The molecule has 0 aromatic heterocycles. The number of hydrogen-bond acceptors (Lipinski definition) is 1. The Kier molecular flexibility index (Phi) is 2.76. The van der Waals surface area contributed by atoms with Gasteiger partial charge in [0.25, 0.3) is 0 Å². The summed E-state index contributed by atoms with van der Waals surface area (Å²) in [7, 11) is 1.92. The first kappa shape index (κ1) is 9.56. The lowest BCUT2D eigenvalue weighted by atomic mass is 9.95. The Bertz CT molecular complexity index is 173. The van der Waals surface area contributed by atoms with E-state index in [4.69, 9.17) is 0 Å². The number of hydrogen-bond donors (Lipinski definition) is 0. The Morgan fingerprint density at radius 3 is 2.25 bits per heavy atom. The molecule has 2 nitrogen and oxygen atoms in total. The van der Waals surface area contributed by atoms with Crippen molar-refractivity contribution in [1.29, 1.82) is 0 Å². The van der Waals surface area contributed by atoms with Crippen LogP contribution in [0.2, 0.25) is 0 Å². The molecule has 1 aliphatic carbocycles. The Balaban J connectivity index is 0.000000336. The molecule has 0 radical (unpaired) electrons. The maximum atomic E-state index is 11.0. The zero-order chi connectivity index (χ0) is 9.19. The van der Waals surface area contributed by atoms with Gasteiger partial charge >= 0.3 is 0 Å². The largest absolute Gasteiger partial charge is 0.345 e. The molecule has 1 aliphatic heterocycles. The van der Waals surface area contributed by atoms with E-state index in [2.05, 4.69) is 0 Å². The van der Waals surface area contributed by atoms with Crippen LogP contribution in [0.25, 0.3) is 0 Å². The highest BCUT2D eigenvalue weighted by molar-refractivity contribution is 5.77. The Hall–Kier alpha value is -0.530. The number of carbonyl (C=O) groups is 1. The quantitative estimate of drug-likeness (QED) is 0.543. The van der Waals surface area contributed by atoms with Crippen LogP contribution in [-0.2, 0) is 4.79 Å². The van der Waals surface area contributed by atoms with E-state index < -0.39 is 0 Å². The van der Waals surface area contributed by atoms with Gasteiger partial charge in [0.05, 0.1) is 0 Å². The molecule has 0 atom stereocenters. The van der Waals surface area contributed by atoms with Crippen molar-refractivity contribution in [3.05, 3.63) is 0 Å². The van der Waals surface area contributed by atoms with Crippen LogP contribution >= 0.6 is 0 Å². The number of rotatable bonds is 0. The third kappa shape index (κ3) is 1.79. The summed E-state index contributed by atoms with van der Waals surface area (Å²) in [4.78, 5) is 12.9. The highest BCUT2D eigenvalue weighted by Gasteiger charge is 2.46. The molecule has 0 aromatic rings. The SMILES string of the molecule is CC.CN1CC2(CCC1=O)CC2. The monoisotopic (exact) mass is 169 g/mol. The van der Waals surface area contributed by atoms with Crippen molar-refractivity contribution in [3.63, 3.8) is 0 Å². The van der Waals surface area contributed by atoms with Gasteiger partial charge in [-0.3, -0.25) is 4.79 Å². The number of nitrogens with zero attached hydrogens (tertiary/aromatic N) is 1. The fourth-order valence-corrected chi connectivity index (χ4v) is 1.82. The minimum Gasteiger partial charge on any atom is -0.345 e. The van der Waals surface area contributed by atoms with Crippen molar-refractivity contribution in [2.24, 2.45) is 5.41 Å². The molecule has 1 saturated heterocycles. The number of amides is 1.